The molecule has 4 nitrogen and oxygen atoms in total. The highest BCUT2D eigenvalue weighted by Crippen LogP contribution is 2.17. The molecule has 1 aromatic rings. The highest BCUT2D eigenvalue weighted by atomic mass is 19.1. The summed E-state index contributed by atoms with van der Waals surface area (Å²) in [5, 5.41) is 2.66. The molecule has 0 saturated carbocycles. The van der Waals surface area contributed by atoms with E-state index in [-0.39, 0.29) is 11.7 Å². The van der Waals surface area contributed by atoms with Gasteiger partial charge in [-0.1, -0.05) is 6.07 Å². The zero-order chi connectivity index (χ0) is 12.8. The molecule has 17 heavy (non-hydrogen) atoms. The van der Waals surface area contributed by atoms with E-state index in [2.05, 4.69) is 5.32 Å². The van der Waals surface area contributed by atoms with Crippen molar-refractivity contribution in [2.45, 2.75) is 19.4 Å². The molecule has 0 unspecified atom stereocenters. The van der Waals surface area contributed by atoms with Crippen molar-refractivity contribution < 1.29 is 13.9 Å². The minimum atomic E-state index is -0.525. The number of ether oxygens (including phenoxy) is 1. The lowest BCUT2D eigenvalue weighted by atomic mass is 10.1. The topological polar surface area (TPSA) is 64.3 Å². The zero-order valence-corrected chi connectivity index (χ0v) is 10.00. The average Bonchev–Trinajstić information content (AvgIpc) is 2.29. The third-order valence-corrected chi connectivity index (χ3v) is 2.34. The molecule has 0 saturated heterocycles. The second kappa shape index (κ2) is 6.20. The lowest BCUT2D eigenvalue weighted by Gasteiger charge is -2.08. The van der Waals surface area contributed by atoms with Gasteiger partial charge in [0.05, 0.1) is 13.2 Å². The predicted octanol–water partition coefficient (Wildman–Crippen LogP) is 0.840. The second-order valence-electron chi connectivity index (χ2n) is 3.80. The molecule has 0 aromatic heterocycles. The van der Waals surface area contributed by atoms with Gasteiger partial charge >= 0.3 is 0 Å². The molecule has 1 rings (SSSR count). The van der Waals surface area contributed by atoms with Crippen LogP contribution in [0.2, 0.25) is 0 Å². The smallest absolute Gasteiger partial charge is 0.236 e. The molecule has 0 aliphatic rings. The summed E-state index contributed by atoms with van der Waals surface area (Å²) in [5.41, 5.74) is 6.19. The van der Waals surface area contributed by atoms with E-state index < -0.39 is 11.9 Å². The van der Waals surface area contributed by atoms with E-state index in [1.807, 2.05) is 0 Å². The quantitative estimate of drug-likeness (QED) is 0.801. The molecule has 0 heterocycles. The molecule has 0 fully saturated rings. The van der Waals surface area contributed by atoms with E-state index >= 15 is 0 Å². The van der Waals surface area contributed by atoms with Crippen molar-refractivity contribution in [3.05, 3.63) is 29.6 Å². The normalized spacial score (nSPS) is 12.0. The maximum absolute atomic E-state index is 13.3. The Hall–Kier alpha value is -1.62. The Morgan fingerprint density at radius 1 is 1.59 bits per heavy atom. The standard InChI is InChI=1S/C12H17FN2O2/c1-8(14)12(16)15-6-5-9-3-4-11(17-2)10(13)7-9/h3-4,7-8H,5-6,14H2,1-2H3,(H,15,16)/t8-/m1/s1. The Morgan fingerprint density at radius 3 is 2.82 bits per heavy atom. The largest absolute Gasteiger partial charge is 0.494 e. The van der Waals surface area contributed by atoms with Gasteiger partial charge in [-0.05, 0) is 31.0 Å². The summed E-state index contributed by atoms with van der Waals surface area (Å²) in [6, 6.07) is 4.21. The Bertz CT molecular complexity index is 394. The van der Waals surface area contributed by atoms with Gasteiger partial charge in [0.15, 0.2) is 11.6 Å². The molecule has 0 spiro atoms. The first-order valence-electron chi connectivity index (χ1n) is 5.40. The Morgan fingerprint density at radius 2 is 2.29 bits per heavy atom. The van der Waals surface area contributed by atoms with Gasteiger partial charge in [-0.3, -0.25) is 4.79 Å². The summed E-state index contributed by atoms with van der Waals surface area (Å²) in [6.45, 7) is 2.05. The first-order chi connectivity index (χ1) is 8.04. The number of carbonyl (C=O) groups excluding carboxylic acids is 1. The van der Waals surface area contributed by atoms with Crippen LogP contribution in [0.1, 0.15) is 12.5 Å². The third kappa shape index (κ3) is 4.03. The molecular formula is C12H17FN2O2. The Kier molecular flexibility index (Phi) is 4.90. The first-order valence-corrected chi connectivity index (χ1v) is 5.40. The van der Waals surface area contributed by atoms with E-state index in [0.717, 1.165) is 5.56 Å². The van der Waals surface area contributed by atoms with Gasteiger partial charge in [0.1, 0.15) is 0 Å². The maximum atomic E-state index is 13.3. The van der Waals surface area contributed by atoms with Gasteiger partial charge in [-0.25, -0.2) is 4.39 Å². The number of halogens is 1. The summed E-state index contributed by atoms with van der Waals surface area (Å²) in [6.07, 6.45) is 0.555. The van der Waals surface area contributed by atoms with Gasteiger partial charge in [-0.2, -0.15) is 0 Å². The summed E-state index contributed by atoms with van der Waals surface area (Å²) in [7, 11) is 1.42. The van der Waals surface area contributed by atoms with Crippen LogP contribution < -0.4 is 15.8 Å². The zero-order valence-electron chi connectivity index (χ0n) is 10.00. The van der Waals surface area contributed by atoms with Crippen LogP contribution in [0.25, 0.3) is 0 Å². The number of nitrogens with two attached hydrogens (primary N) is 1. The van der Waals surface area contributed by atoms with Crippen LogP contribution in [0, 0.1) is 5.82 Å². The molecule has 94 valence electrons. The van der Waals surface area contributed by atoms with E-state index in [1.54, 1.807) is 19.1 Å². The van der Waals surface area contributed by atoms with Crippen molar-refractivity contribution in [3.63, 3.8) is 0 Å². The first kappa shape index (κ1) is 13.4. The molecular weight excluding hydrogens is 223 g/mol. The number of hydrogen-bond donors (Lipinski definition) is 2. The predicted molar refractivity (Wildman–Crippen MR) is 63.3 cm³/mol. The van der Waals surface area contributed by atoms with Gasteiger partial charge in [0, 0.05) is 6.54 Å². The lowest BCUT2D eigenvalue weighted by Crippen LogP contribution is -2.39. The Labute approximate surface area is 100.0 Å². The van der Waals surface area contributed by atoms with Crippen LogP contribution in [-0.2, 0) is 11.2 Å². The van der Waals surface area contributed by atoms with E-state index in [4.69, 9.17) is 10.5 Å². The number of carbonyl (C=O) groups is 1. The fraction of sp³-hybridized carbons (Fsp3) is 0.417. The second-order valence-corrected chi connectivity index (χ2v) is 3.80. The highest BCUT2D eigenvalue weighted by molar-refractivity contribution is 5.80. The summed E-state index contributed by atoms with van der Waals surface area (Å²) in [5.74, 6) is -0.393. The van der Waals surface area contributed by atoms with Crippen molar-refractivity contribution in [1.29, 1.82) is 0 Å². The van der Waals surface area contributed by atoms with E-state index in [9.17, 15) is 9.18 Å². The molecule has 0 bridgehead atoms. The summed E-state index contributed by atoms with van der Waals surface area (Å²) in [4.78, 5) is 11.2. The lowest BCUT2D eigenvalue weighted by molar-refractivity contribution is -0.121. The fourth-order valence-corrected chi connectivity index (χ4v) is 1.36. The number of hydrogen-bond acceptors (Lipinski definition) is 3. The number of benzene rings is 1. The number of rotatable bonds is 5. The highest BCUT2D eigenvalue weighted by Gasteiger charge is 2.07. The number of amides is 1. The fourth-order valence-electron chi connectivity index (χ4n) is 1.36. The molecule has 0 aliphatic carbocycles. The van der Waals surface area contributed by atoms with Gasteiger partial charge in [0.2, 0.25) is 5.91 Å². The minimum Gasteiger partial charge on any atom is -0.494 e. The minimum absolute atomic E-state index is 0.209. The van der Waals surface area contributed by atoms with Gasteiger partial charge in [0.25, 0.3) is 0 Å². The van der Waals surface area contributed by atoms with Crippen molar-refractivity contribution in [3.8, 4) is 5.75 Å². The Balaban J connectivity index is 2.47. The summed E-state index contributed by atoms with van der Waals surface area (Å²) >= 11 is 0. The van der Waals surface area contributed by atoms with Crippen LogP contribution in [0.15, 0.2) is 18.2 Å². The van der Waals surface area contributed by atoms with Crippen molar-refractivity contribution in [2.75, 3.05) is 13.7 Å². The molecule has 3 N–H and O–H groups in total. The van der Waals surface area contributed by atoms with Crippen LogP contribution in [0.3, 0.4) is 0 Å². The van der Waals surface area contributed by atoms with E-state index in [0.29, 0.717) is 13.0 Å². The van der Waals surface area contributed by atoms with E-state index in [1.165, 1.54) is 13.2 Å². The molecule has 1 atom stereocenters. The number of nitrogens with one attached hydrogen (secondary N) is 1. The molecule has 0 radical (unpaired) electrons. The van der Waals surface area contributed by atoms with Crippen LogP contribution >= 0.6 is 0 Å². The van der Waals surface area contributed by atoms with Crippen molar-refractivity contribution >= 4 is 5.91 Å². The van der Waals surface area contributed by atoms with Crippen LogP contribution in [-0.4, -0.2) is 25.6 Å². The average molecular weight is 240 g/mol. The summed E-state index contributed by atoms with van der Waals surface area (Å²) < 4.78 is 18.1. The molecule has 1 amide bonds. The maximum Gasteiger partial charge on any atom is 0.236 e. The van der Waals surface area contributed by atoms with Crippen LogP contribution in [0.5, 0.6) is 5.75 Å². The van der Waals surface area contributed by atoms with Gasteiger partial charge in [-0.15, -0.1) is 0 Å². The molecule has 1 aromatic carbocycles. The van der Waals surface area contributed by atoms with Crippen LogP contribution in [0.4, 0.5) is 4.39 Å². The molecule has 5 heteroatoms. The third-order valence-electron chi connectivity index (χ3n) is 2.34. The van der Waals surface area contributed by atoms with Gasteiger partial charge < -0.3 is 15.8 Å². The number of methoxy groups -OCH3 is 1. The molecule has 0 aliphatic heterocycles. The van der Waals surface area contributed by atoms with Crippen molar-refractivity contribution in [2.24, 2.45) is 5.73 Å². The SMILES string of the molecule is COc1ccc(CCNC(=O)[C@@H](C)N)cc1F. The van der Waals surface area contributed by atoms with Crippen molar-refractivity contribution in [1.82, 2.24) is 5.32 Å². The monoisotopic (exact) mass is 240 g/mol.